The molecular formula is C21H22N4O4S2. The highest BCUT2D eigenvalue weighted by Crippen LogP contribution is 2.43. The zero-order valence-electron chi connectivity index (χ0n) is 17.2. The highest BCUT2D eigenvalue weighted by molar-refractivity contribution is 7.92. The van der Waals surface area contributed by atoms with Crippen molar-refractivity contribution in [3.05, 3.63) is 71.9 Å². The number of rotatable bonds is 6. The Morgan fingerprint density at radius 3 is 2.65 bits per heavy atom. The van der Waals surface area contributed by atoms with Gasteiger partial charge in [0.2, 0.25) is 10.0 Å². The fraction of sp³-hybridized carbons (Fsp3) is 0.238. The molecule has 0 bridgehead atoms. The number of sulfonamides is 1. The Bertz CT molecular complexity index is 1210. The Hall–Kier alpha value is -3.11. The van der Waals surface area contributed by atoms with E-state index in [4.69, 9.17) is 21.4 Å². The van der Waals surface area contributed by atoms with E-state index in [0.717, 1.165) is 29.2 Å². The summed E-state index contributed by atoms with van der Waals surface area (Å²) in [6.45, 7) is 1.89. The van der Waals surface area contributed by atoms with Gasteiger partial charge >= 0.3 is 0 Å². The van der Waals surface area contributed by atoms with Gasteiger partial charge in [0.05, 0.1) is 30.8 Å². The first-order valence-electron chi connectivity index (χ1n) is 9.49. The summed E-state index contributed by atoms with van der Waals surface area (Å²) in [5, 5.41) is 3.85. The fourth-order valence-corrected chi connectivity index (χ4v) is 4.56. The van der Waals surface area contributed by atoms with E-state index in [9.17, 15) is 8.42 Å². The van der Waals surface area contributed by atoms with E-state index in [-0.39, 0.29) is 12.1 Å². The normalized spacial score (nSPS) is 18.7. The lowest BCUT2D eigenvalue weighted by Gasteiger charge is -2.26. The SMILES string of the molecule is COc1cc(N2C(=S)N[C@@H](c3ccccn3)[C@H]2c2ccc(C)o2)ccc1NS(C)(=O)=O. The van der Waals surface area contributed by atoms with Crippen molar-refractivity contribution in [2.45, 2.75) is 19.0 Å². The number of methoxy groups -OCH3 is 1. The average Bonchev–Trinajstić information content (AvgIpc) is 3.30. The average molecular weight is 459 g/mol. The number of nitrogens with zero attached hydrogens (tertiary/aromatic N) is 2. The molecule has 10 heteroatoms. The molecular weight excluding hydrogens is 436 g/mol. The zero-order valence-corrected chi connectivity index (χ0v) is 18.8. The highest BCUT2D eigenvalue weighted by atomic mass is 32.2. The molecule has 3 aromatic rings. The minimum Gasteiger partial charge on any atom is -0.494 e. The maximum absolute atomic E-state index is 11.7. The highest BCUT2D eigenvalue weighted by Gasteiger charge is 2.42. The predicted octanol–water partition coefficient (Wildman–Crippen LogP) is 3.54. The summed E-state index contributed by atoms with van der Waals surface area (Å²) in [7, 11) is -1.97. The van der Waals surface area contributed by atoms with Gasteiger partial charge < -0.3 is 19.4 Å². The van der Waals surface area contributed by atoms with Crippen LogP contribution < -0.4 is 19.7 Å². The van der Waals surface area contributed by atoms with E-state index in [0.29, 0.717) is 16.5 Å². The maximum Gasteiger partial charge on any atom is 0.229 e. The molecule has 1 aromatic carbocycles. The lowest BCUT2D eigenvalue weighted by atomic mass is 10.0. The largest absolute Gasteiger partial charge is 0.494 e. The number of anilines is 2. The first-order chi connectivity index (χ1) is 14.8. The number of thiocarbonyl (C=S) groups is 1. The molecule has 1 saturated heterocycles. The minimum absolute atomic E-state index is 0.237. The summed E-state index contributed by atoms with van der Waals surface area (Å²) in [4.78, 5) is 6.43. The van der Waals surface area contributed by atoms with Crippen LogP contribution in [-0.4, -0.2) is 31.9 Å². The Morgan fingerprint density at radius 1 is 1.23 bits per heavy atom. The molecule has 0 aliphatic carbocycles. The Balaban J connectivity index is 1.79. The van der Waals surface area contributed by atoms with Crippen molar-refractivity contribution in [1.29, 1.82) is 0 Å². The predicted molar refractivity (Wildman–Crippen MR) is 123 cm³/mol. The van der Waals surface area contributed by atoms with Crippen molar-refractivity contribution in [3.8, 4) is 5.75 Å². The van der Waals surface area contributed by atoms with Gasteiger partial charge in [0.15, 0.2) is 5.11 Å². The van der Waals surface area contributed by atoms with E-state index in [2.05, 4.69) is 15.0 Å². The molecule has 2 atom stereocenters. The number of aryl methyl sites for hydroxylation is 1. The third-order valence-electron chi connectivity index (χ3n) is 4.91. The van der Waals surface area contributed by atoms with Crippen molar-refractivity contribution in [2.24, 2.45) is 0 Å². The van der Waals surface area contributed by atoms with Crippen LogP contribution in [0, 0.1) is 6.92 Å². The summed E-state index contributed by atoms with van der Waals surface area (Å²) < 4.78 is 37.2. The van der Waals surface area contributed by atoms with Gasteiger partial charge in [-0.25, -0.2) is 8.42 Å². The van der Waals surface area contributed by atoms with E-state index < -0.39 is 10.0 Å². The second-order valence-electron chi connectivity index (χ2n) is 7.20. The Morgan fingerprint density at radius 2 is 2.03 bits per heavy atom. The molecule has 1 aliphatic heterocycles. The molecule has 1 aliphatic rings. The molecule has 162 valence electrons. The third kappa shape index (κ3) is 4.35. The minimum atomic E-state index is -3.45. The fourth-order valence-electron chi connectivity index (χ4n) is 3.65. The van der Waals surface area contributed by atoms with Gasteiger partial charge in [-0.05, 0) is 55.5 Å². The van der Waals surface area contributed by atoms with Crippen LogP contribution >= 0.6 is 12.2 Å². The summed E-state index contributed by atoms with van der Waals surface area (Å²) >= 11 is 5.68. The molecule has 0 saturated carbocycles. The van der Waals surface area contributed by atoms with Gasteiger partial charge in [0.1, 0.15) is 23.3 Å². The number of furan rings is 1. The van der Waals surface area contributed by atoms with Gasteiger partial charge in [-0.15, -0.1) is 0 Å². The lowest BCUT2D eigenvalue weighted by Crippen LogP contribution is -2.29. The third-order valence-corrected chi connectivity index (χ3v) is 5.81. The summed E-state index contributed by atoms with van der Waals surface area (Å²) in [5.41, 5.74) is 1.90. The second-order valence-corrected chi connectivity index (χ2v) is 9.34. The van der Waals surface area contributed by atoms with Crippen LogP contribution in [0.2, 0.25) is 0 Å². The number of ether oxygens (including phenoxy) is 1. The van der Waals surface area contributed by atoms with E-state index >= 15 is 0 Å². The molecule has 2 N–H and O–H groups in total. The number of nitrogens with one attached hydrogen (secondary N) is 2. The number of hydrogen-bond acceptors (Lipinski definition) is 6. The van der Waals surface area contributed by atoms with E-state index in [1.165, 1.54) is 7.11 Å². The lowest BCUT2D eigenvalue weighted by molar-refractivity contribution is 0.413. The van der Waals surface area contributed by atoms with Crippen LogP contribution in [0.25, 0.3) is 0 Å². The molecule has 0 unspecified atom stereocenters. The summed E-state index contributed by atoms with van der Waals surface area (Å²) in [5.74, 6) is 1.90. The zero-order chi connectivity index (χ0) is 22.2. The number of aromatic nitrogens is 1. The number of pyridine rings is 1. The van der Waals surface area contributed by atoms with Crippen LogP contribution in [-0.2, 0) is 10.0 Å². The Labute approximate surface area is 186 Å². The van der Waals surface area contributed by atoms with Crippen LogP contribution in [0.5, 0.6) is 5.75 Å². The van der Waals surface area contributed by atoms with Crippen molar-refractivity contribution in [1.82, 2.24) is 10.3 Å². The van der Waals surface area contributed by atoms with Gasteiger partial charge in [-0.3, -0.25) is 9.71 Å². The van der Waals surface area contributed by atoms with Gasteiger partial charge in [-0.1, -0.05) is 6.07 Å². The van der Waals surface area contributed by atoms with Crippen molar-refractivity contribution in [3.63, 3.8) is 0 Å². The topological polar surface area (TPSA) is 96.7 Å². The van der Waals surface area contributed by atoms with E-state index in [1.807, 2.05) is 42.2 Å². The van der Waals surface area contributed by atoms with Gasteiger partial charge in [-0.2, -0.15) is 0 Å². The second kappa shape index (κ2) is 8.20. The van der Waals surface area contributed by atoms with Crippen LogP contribution in [0.15, 0.2) is 59.1 Å². The molecule has 2 aromatic heterocycles. The van der Waals surface area contributed by atoms with Crippen LogP contribution in [0.4, 0.5) is 11.4 Å². The quantitative estimate of drug-likeness (QED) is 0.542. The van der Waals surface area contributed by atoms with Gasteiger partial charge in [0, 0.05) is 18.0 Å². The number of hydrogen-bond donors (Lipinski definition) is 2. The standard InChI is InChI=1S/C21H22N4O4S2/c1-13-7-10-17(29-13)20-19(16-6-4-5-11-22-16)23-21(30)25(20)14-8-9-15(18(12-14)28-2)24-31(3,26)27/h4-12,19-20,24H,1-3H3,(H,23,30)/t19-,20+/m0/s1. The molecule has 0 spiro atoms. The molecule has 0 amide bonds. The van der Waals surface area contributed by atoms with E-state index in [1.54, 1.807) is 24.4 Å². The summed E-state index contributed by atoms with van der Waals surface area (Å²) in [6.07, 6.45) is 2.83. The molecule has 3 heterocycles. The van der Waals surface area contributed by atoms with Crippen molar-refractivity contribution >= 4 is 38.7 Å². The first kappa shape index (κ1) is 21.1. The maximum atomic E-state index is 11.7. The monoisotopic (exact) mass is 458 g/mol. The Kier molecular flexibility index (Phi) is 5.59. The smallest absolute Gasteiger partial charge is 0.229 e. The van der Waals surface area contributed by atoms with Gasteiger partial charge in [0.25, 0.3) is 0 Å². The van der Waals surface area contributed by atoms with Crippen molar-refractivity contribution < 1.29 is 17.6 Å². The molecule has 8 nitrogen and oxygen atoms in total. The molecule has 4 rings (SSSR count). The van der Waals surface area contributed by atoms with Crippen molar-refractivity contribution in [2.75, 3.05) is 23.0 Å². The number of benzene rings is 1. The first-order valence-corrected chi connectivity index (χ1v) is 11.8. The molecule has 31 heavy (non-hydrogen) atoms. The van der Waals surface area contributed by atoms with Crippen LogP contribution in [0.1, 0.15) is 29.3 Å². The molecule has 1 fully saturated rings. The van der Waals surface area contributed by atoms with Crippen LogP contribution in [0.3, 0.4) is 0 Å². The summed E-state index contributed by atoms with van der Waals surface area (Å²) in [6, 6.07) is 14.2. The molecule has 0 radical (unpaired) electrons.